The van der Waals surface area contributed by atoms with Crippen molar-refractivity contribution in [3.8, 4) is 0 Å². The Morgan fingerprint density at radius 3 is 1.56 bits per heavy atom. The van der Waals surface area contributed by atoms with Crippen LogP contribution in [0, 0.1) is 52.8 Å². The summed E-state index contributed by atoms with van der Waals surface area (Å²) in [5.74, 6) is 3.32. The van der Waals surface area contributed by atoms with Gasteiger partial charge in [-0.25, -0.2) is 5.26 Å². The molecule has 0 aromatic carbocycles. The third kappa shape index (κ3) is 12.2. The van der Waals surface area contributed by atoms with E-state index in [-0.39, 0.29) is 52.8 Å². The summed E-state index contributed by atoms with van der Waals surface area (Å²) in [4.78, 5) is 27.0. The van der Waals surface area contributed by atoms with Crippen LogP contribution in [0.4, 0.5) is 0 Å². The van der Waals surface area contributed by atoms with Crippen LogP contribution < -0.4 is 0 Å². The molecule has 7 aliphatic rings. The van der Waals surface area contributed by atoms with Crippen molar-refractivity contribution >= 4 is 33.7 Å². The zero-order valence-electron chi connectivity index (χ0n) is 37.6. The molecule has 0 amide bonds. The van der Waals surface area contributed by atoms with Crippen molar-refractivity contribution < 1.29 is 51.4 Å². The van der Waals surface area contributed by atoms with Crippen LogP contribution in [0.3, 0.4) is 0 Å². The Morgan fingerprint density at radius 1 is 0.574 bits per heavy atom. The van der Waals surface area contributed by atoms with Crippen LogP contribution in [0.15, 0.2) is 0 Å². The normalized spacial score (nSPS) is 41.7. The molecule has 0 radical (unpaired) electrons. The molecule has 6 atom stereocenters. The van der Waals surface area contributed by atoms with Crippen LogP contribution in [0.2, 0.25) is 0 Å². The Hall–Kier alpha value is -0.640. The maximum atomic E-state index is 13.7. The van der Waals surface area contributed by atoms with Crippen LogP contribution in [-0.4, -0.2) is 77.9 Å². The molecule has 7 rings (SSSR count). The van der Waals surface area contributed by atoms with Crippen molar-refractivity contribution in [2.45, 2.75) is 228 Å². The van der Waals surface area contributed by atoms with E-state index in [9.17, 15) is 22.6 Å². The number of carbonyl (C=O) groups excluding carboxylic acids is 2. The lowest BCUT2D eigenvalue weighted by Gasteiger charge is -2.54. The second-order valence-electron chi connectivity index (χ2n) is 21.4. The molecule has 11 nitrogen and oxygen atoms in total. The fourth-order valence-corrected chi connectivity index (χ4v) is 15.8. The van der Waals surface area contributed by atoms with Crippen molar-refractivity contribution in [3.05, 3.63) is 0 Å². The number of methoxy groups -OCH3 is 1. The second kappa shape index (κ2) is 22.2. The lowest BCUT2D eigenvalue weighted by atomic mass is 9.52. The number of rotatable bonds is 16. The highest BCUT2D eigenvalue weighted by Crippen LogP contribution is 2.57. The van der Waals surface area contributed by atoms with Gasteiger partial charge in [0.2, 0.25) is 0 Å². The minimum absolute atomic E-state index is 0.0712. The first kappa shape index (κ1) is 48.3. The average Bonchev–Trinajstić information content (AvgIpc) is 3.28. The van der Waals surface area contributed by atoms with Gasteiger partial charge in [-0.3, -0.25) is 14.1 Å². The molecule has 2 N–H and O–H groups in total. The van der Waals surface area contributed by atoms with Gasteiger partial charge >= 0.3 is 0 Å². The predicted molar refractivity (Wildman–Crippen MR) is 236 cm³/mol. The minimum atomic E-state index is -4.17. The number of Topliss-reactive ketones (excluding diaryl/α,β-unsaturated/α-hetero) is 2. The summed E-state index contributed by atoms with van der Waals surface area (Å²) in [5, 5.41) is 12.0. The maximum Gasteiger partial charge on any atom is 0.267 e. The fraction of sp³-hybridized carbons (Fsp3) is 0.958. The molecule has 0 bridgehead atoms. The number of ketones is 2. The summed E-state index contributed by atoms with van der Waals surface area (Å²) in [5.41, 5.74) is 0.251. The van der Waals surface area contributed by atoms with Gasteiger partial charge in [0.25, 0.3) is 10.1 Å². The van der Waals surface area contributed by atoms with Gasteiger partial charge in [0.05, 0.1) is 41.0 Å². The van der Waals surface area contributed by atoms with Gasteiger partial charge in [-0.1, -0.05) is 38.1 Å². The van der Waals surface area contributed by atoms with Crippen molar-refractivity contribution in [2.24, 2.45) is 52.8 Å². The SMILES string of the molecule is COC1CCC(C(C)(C2CCC(OC3CCC(C(=O)C4CCC(C)CC4)CC3)CC2)C2CCC(OC3CCC(C(=O)C4CCCC(S(=O)(=O)O)C4)CC3SOOO)CC2)CC1. The van der Waals surface area contributed by atoms with E-state index in [1.807, 2.05) is 7.11 Å². The van der Waals surface area contributed by atoms with Gasteiger partial charge in [0.1, 0.15) is 11.6 Å². The first-order valence-electron chi connectivity index (χ1n) is 24.9. The highest BCUT2D eigenvalue weighted by atomic mass is 32.2. The molecule has 0 aliphatic heterocycles. The molecule has 0 spiro atoms. The Balaban J connectivity index is 0.909. The number of carbonyl (C=O) groups is 2. The minimum Gasteiger partial charge on any atom is -0.381 e. The number of hydrogen-bond acceptors (Lipinski definition) is 11. The number of hydrogen-bond donors (Lipinski definition) is 2. The summed E-state index contributed by atoms with van der Waals surface area (Å²) in [6, 6.07) is 0. The first-order chi connectivity index (χ1) is 29.3. The van der Waals surface area contributed by atoms with Crippen LogP contribution in [0.25, 0.3) is 0 Å². The third-order valence-electron chi connectivity index (χ3n) is 18.0. The molecule has 7 fully saturated rings. The lowest BCUT2D eigenvalue weighted by molar-refractivity contribution is -0.432. The van der Waals surface area contributed by atoms with Gasteiger partial charge in [-0.15, -0.1) is 4.33 Å². The van der Waals surface area contributed by atoms with E-state index in [4.69, 9.17) is 23.8 Å². The van der Waals surface area contributed by atoms with Crippen molar-refractivity contribution in [2.75, 3.05) is 7.11 Å². The zero-order valence-corrected chi connectivity index (χ0v) is 39.3. The predicted octanol–water partition coefficient (Wildman–Crippen LogP) is 10.9. The van der Waals surface area contributed by atoms with Gasteiger partial charge in [-0.05, 0) is 183 Å². The van der Waals surface area contributed by atoms with Gasteiger partial charge in [0, 0.05) is 42.8 Å². The Morgan fingerprint density at radius 2 is 1.03 bits per heavy atom. The third-order valence-corrected chi connectivity index (χ3v) is 20.2. The molecule has 13 heteroatoms. The summed E-state index contributed by atoms with van der Waals surface area (Å²) in [6.07, 6.45) is 27.1. The topological polar surface area (TPSA) is 155 Å². The summed E-state index contributed by atoms with van der Waals surface area (Å²) in [7, 11) is -2.31. The summed E-state index contributed by atoms with van der Waals surface area (Å²) in [6.45, 7) is 4.97. The summed E-state index contributed by atoms with van der Waals surface area (Å²) < 4.78 is 58.0. The molecule has 0 saturated heterocycles. The van der Waals surface area contributed by atoms with Gasteiger partial charge in [-0.2, -0.15) is 8.42 Å². The van der Waals surface area contributed by atoms with Crippen LogP contribution in [0.5, 0.6) is 0 Å². The largest absolute Gasteiger partial charge is 0.381 e. The van der Waals surface area contributed by atoms with Gasteiger partial charge in [0.15, 0.2) is 0 Å². The van der Waals surface area contributed by atoms with Gasteiger partial charge < -0.3 is 14.2 Å². The standard InChI is InChI=1S/C48H80O11S2/c1-31-7-9-32(10-8-31)46(49)33-11-20-40(21-12-33)56-41-24-16-37(17-25-41)48(2,36-14-22-39(55-3)23-15-36)38-18-26-42(27-19-38)57-44-28-13-35(30-45(44)60-59-58-51)47(50)34-5-4-6-43(29-34)61(52,53)54/h31-45,51H,4-30H2,1-3H3,(H,52,53,54). The molecule has 61 heavy (non-hydrogen) atoms. The molecule has 6 unspecified atom stereocenters. The Bertz CT molecular complexity index is 1490. The van der Waals surface area contributed by atoms with Crippen LogP contribution >= 0.6 is 12.0 Å². The molecular formula is C48H80O11S2. The molecule has 7 aliphatic carbocycles. The molecule has 0 aromatic heterocycles. The maximum absolute atomic E-state index is 13.7. The van der Waals surface area contributed by atoms with E-state index >= 15 is 0 Å². The summed E-state index contributed by atoms with van der Waals surface area (Å²) >= 11 is 1.01. The van der Waals surface area contributed by atoms with E-state index in [0.29, 0.717) is 86.3 Å². The Labute approximate surface area is 371 Å². The highest BCUT2D eigenvalue weighted by Gasteiger charge is 2.50. The fourth-order valence-electron chi connectivity index (χ4n) is 14.1. The Kier molecular flexibility index (Phi) is 17.6. The van der Waals surface area contributed by atoms with E-state index in [1.54, 1.807) is 0 Å². The highest BCUT2D eigenvalue weighted by molar-refractivity contribution is 7.95. The van der Waals surface area contributed by atoms with Crippen molar-refractivity contribution in [1.82, 2.24) is 0 Å². The van der Waals surface area contributed by atoms with E-state index in [1.165, 1.54) is 38.5 Å². The van der Waals surface area contributed by atoms with E-state index in [0.717, 1.165) is 108 Å². The molecule has 0 aromatic rings. The monoisotopic (exact) mass is 897 g/mol. The first-order valence-corrected chi connectivity index (χ1v) is 27.2. The molecule has 7 saturated carbocycles. The van der Waals surface area contributed by atoms with E-state index < -0.39 is 15.4 Å². The zero-order chi connectivity index (χ0) is 43.1. The lowest BCUT2D eigenvalue weighted by Crippen LogP contribution is -2.48. The average molecular weight is 897 g/mol. The molecule has 0 heterocycles. The number of ether oxygens (including phenoxy) is 3. The van der Waals surface area contributed by atoms with Crippen molar-refractivity contribution in [3.63, 3.8) is 0 Å². The van der Waals surface area contributed by atoms with Crippen molar-refractivity contribution in [1.29, 1.82) is 0 Å². The quantitative estimate of drug-likeness (QED) is 0.0656. The van der Waals surface area contributed by atoms with Crippen LogP contribution in [0.1, 0.15) is 187 Å². The van der Waals surface area contributed by atoms with E-state index in [2.05, 4.69) is 18.9 Å². The smallest absolute Gasteiger partial charge is 0.267 e. The second-order valence-corrected chi connectivity index (χ2v) is 24.0. The van der Waals surface area contributed by atoms with Crippen LogP contribution in [-0.2, 0) is 43.3 Å². The molecular weight excluding hydrogens is 817 g/mol. The molecule has 350 valence electrons.